The number of alkyl halides is 6. The first kappa shape index (κ1) is 29.9. The molecule has 2 aromatic carbocycles. The number of rotatable bonds is 7. The average molecular weight is 588 g/mol. The van der Waals surface area contributed by atoms with Crippen LogP contribution in [-0.2, 0) is 4.79 Å². The molecule has 0 spiro atoms. The van der Waals surface area contributed by atoms with Crippen LogP contribution >= 0.6 is 11.6 Å². The zero-order chi connectivity index (χ0) is 29.3. The maximum absolute atomic E-state index is 13.7. The van der Waals surface area contributed by atoms with Gasteiger partial charge in [0.1, 0.15) is 0 Å². The van der Waals surface area contributed by atoms with Crippen molar-refractivity contribution in [1.82, 2.24) is 4.90 Å². The fourth-order valence-corrected chi connectivity index (χ4v) is 5.15. The maximum atomic E-state index is 13.7. The summed E-state index contributed by atoms with van der Waals surface area (Å²) in [6.07, 6.45) is -8.32. The van der Waals surface area contributed by atoms with Gasteiger partial charge in [-0.15, -0.1) is 0 Å². The van der Waals surface area contributed by atoms with E-state index in [9.17, 15) is 36.2 Å². The number of anilines is 1. The monoisotopic (exact) mass is 587 g/mol. The van der Waals surface area contributed by atoms with E-state index in [1.807, 2.05) is 13.0 Å². The summed E-state index contributed by atoms with van der Waals surface area (Å²) in [5.74, 6) is 0.0683. The molecular formula is C28H28ClF6N3O2. The number of halogens is 7. The van der Waals surface area contributed by atoms with Gasteiger partial charge in [0.2, 0.25) is 5.91 Å². The summed E-state index contributed by atoms with van der Waals surface area (Å²) in [5, 5.41) is 14.8. The summed E-state index contributed by atoms with van der Waals surface area (Å²) in [6.45, 7) is 2.92. The van der Waals surface area contributed by atoms with Crippen molar-refractivity contribution in [3.63, 3.8) is 0 Å². The number of carbonyl (C=O) groups is 1. The molecule has 0 aromatic heterocycles. The molecule has 0 saturated carbocycles. The lowest BCUT2D eigenvalue weighted by atomic mass is 9.88. The lowest BCUT2D eigenvalue weighted by Crippen LogP contribution is -2.62. The van der Waals surface area contributed by atoms with Crippen molar-refractivity contribution in [2.45, 2.75) is 63.0 Å². The fourth-order valence-electron chi connectivity index (χ4n) is 4.93. The van der Waals surface area contributed by atoms with Gasteiger partial charge < -0.3 is 10.0 Å². The van der Waals surface area contributed by atoms with E-state index in [-0.39, 0.29) is 16.6 Å². The number of hydrogen-bond acceptors (Lipinski definition) is 4. The van der Waals surface area contributed by atoms with E-state index in [1.54, 1.807) is 35.2 Å². The van der Waals surface area contributed by atoms with Crippen LogP contribution in [0.2, 0.25) is 5.02 Å². The summed E-state index contributed by atoms with van der Waals surface area (Å²) < 4.78 is 82.3. The molecule has 0 aliphatic carbocycles. The Morgan fingerprint density at radius 1 is 1.07 bits per heavy atom. The third kappa shape index (κ3) is 5.72. The van der Waals surface area contributed by atoms with Crippen molar-refractivity contribution in [2.24, 2.45) is 5.10 Å². The molecule has 12 heteroatoms. The normalized spacial score (nSPS) is 18.6. The van der Waals surface area contributed by atoms with E-state index in [1.165, 1.54) is 18.2 Å². The second kappa shape index (κ2) is 11.4. The van der Waals surface area contributed by atoms with Crippen molar-refractivity contribution < 1.29 is 36.2 Å². The molecular weight excluding hydrogens is 560 g/mol. The predicted octanol–water partition coefficient (Wildman–Crippen LogP) is 7.31. The lowest BCUT2D eigenvalue weighted by molar-refractivity contribution is -0.338. The highest BCUT2D eigenvalue weighted by atomic mass is 35.5. The zero-order valence-corrected chi connectivity index (χ0v) is 22.3. The van der Waals surface area contributed by atoms with E-state index in [2.05, 4.69) is 5.10 Å². The number of aliphatic hydroxyl groups is 1. The van der Waals surface area contributed by atoms with Gasteiger partial charge in [-0.1, -0.05) is 61.4 Å². The molecule has 2 heterocycles. The standard InChI is InChI=1S/C28H28ClF6N3O2/c1-2-3-11-25(39)37-14-12-18(13-15-37)19-7-6-8-20(16-19)23-17-24(26(40,27(30,31)32)28(33,34)35)36-38(23)22-10-5-4-9-21(22)29/h4-10,12,16,23,40H,2-3,11,13-15,17H2,1H3. The zero-order valence-electron chi connectivity index (χ0n) is 21.6. The molecule has 4 rings (SSSR count). The Labute approximate surface area is 232 Å². The third-order valence-electron chi connectivity index (χ3n) is 7.20. The first-order valence-electron chi connectivity index (χ1n) is 12.8. The number of amides is 1. The van der Waals surface area contributed by atoms with Crippen LogP contribution in [0.5, 0.6) is 0 Å². The first-order valence-corrected chi connectivity index (χ1v) is 13.2. The Hall–Kier alpha value is -3.05. The number of benzene rings is 2. The van der Waals surface area contributed by atoms with E-state index in [4.69, 9.17) is 11.6 Å². The van der Waals surface area contributed by atoms with Crippen molar-refractivity contribution in [1.29, 1.82) is 0 Å². The van der Waals surface area contributed by atoms with E-state index >= 15 is 0 Å². The smallest absolute Gasteiger partial charge is 0.369 e. The molecule has 0 bridgehead atoms. The van der Waals surface area contributed by atoms with Gasteiger partial charge in [-0.05, 0) is 47.7 Å². The largest absolute Gasteiger partial charge is 0.431 e. The summed E-state index contributed by atoms with van der Waals surface area (Å²) in [6, 6.07) is 11.6. The van der Waals surface area contributed by atoms with Crippen LogP contribution in [0.15, 0.2) is 59.7 Å². The Morgan fingerprint density at radius 2 is 1.77 bits per heavy atom. The first-order chi connectivity index (χ1) is 18.8. The molecule has 1 amide bonds. The minimum Gasteiger partial charge on any atom is -0.369 e. The molecule has 2 aliphatic heterocycles. The minimum absolute atomic E-state index is 0.0683. The van der Waals surface area contributed by atoms with Crippen LogP contribution in [0.3, 0.4) is 0 Å². The Balaban J connectivity index is 1.69. The van der Waals surface area contributed by atoms with Crippen molar-refractivity contribution in [3.05, 3.63) is 70.8 Å². The van der Waals surface area contributed by atoms with Gasteiger partial charge in [-0.3, -0.25) is 9.80 Å². The van der Waals surface area contributed by atoms with Gasteiger partial charge in [-0.2, -0.15) is 31.4 Å². The summed E-state index contributed by atoms with van der Waals surface area (Å²) >= 11 is 6.26. The molecule has 1 unspecified atom stereocenters. The number of para-hydroxylation sites is 1. The SMILES string of the molecule is CCCCC(=O)N1CC=C(c2cccc(C3CC(C(O)(C(F)(F)F)C(F)(F)F)=NN3c3ccccc3Cl)c2)CC1. The number of carbonyl (C=O) groups excluding carboxylic acids is 1. The average Bonchev–Trinajstić information content (AvgIpc) is 3.36. The second-order valence-corrected chi connectivity index (χ2v) is 10.2. The van der Waals surface area contributed by atoms with E-state index < -0.39 is 36.1 Å². The highest BCUT2D eigenvalue weighted by Gasteiger charge is 2.74. The molecule has 1 atom stereocenters. The Kier molecular flexibility index (Phi) is 8.56. The molecule has 1 N–H and O–H groups in total. The van der Waals surface area contributed by atoms with Gasteiger partial charge >= 0.3 is 12.4 Å². The fraction of sp³-hybridized carbons (Fsp3) is 0.429. The van der Waals surface area contributed by atoms with Crippen LogP contribution in [0.1, 0.15) is 56.2 Å². The van der Waals surface area contributed by atoms with E-state index in [0.717, 1.165) is 29.0 Å². The highest BCUT2D eigenvalue weighted by molar-refractivity contribution is 6.33. The number of hydrazone groups is 1. The molecule has 0 fully saturated rings. The number of nitrogens with zero attached hydrogens (tertiary/aromatic N) is 3. The molecule has 216 valence electrons. The minimum atomic E-state index is -6.06. The Morgan fingerprint density at radius 3 is 2.38 bits per heavy atom. The van der Waals surface area contributed by atoms with Gasteiger partial charge in [0.15, 0.2) is 0 Å². The molecule has 0 radical (unpaired) electrons. The molecule has 2 aromatic rings. The van der Waals surface area contributed by atoms with Gasteiger partial charge in [0.05, 0.1) is 22.5 Å². The number of unbranched alkanes of at least 4 members (excludes halogenated alkanes) is 1. The highest BCUT2D eigenvalue weighted by Crippen LogP contribution is 2.49. The van der Waals surface area contributed by atoms with Crippen LogP contribution in [0, 0.1) is 0 Å². The van der Waals surface area contributed by atoms with Crippen molar-refractivity contribution in [2.75, 3.05) is 18.1 Å². The predicted molar refractivity (Wildman–Crippen MR) is 141 cm³/mol. The summed E-state index contributed by atoms with van der Waals surface area (Å²) in [4.78, 5) is 14.1. The van der Waals surface area contributed by atoms with Crippen LogP contribution in [0.4, 0.5) is 32.0 Å². The lowest BCUT2D eigenvalue weighted by Gasteiger charge is -2.32. The molecule has 40 heavy (non-hydrogen) atoms. The summed E-state index contributed by atoms with van der Waals surface area (Å²) in [5.41, 5.74) is -4.48. The third-order valence-corrected chi connectivity index (χ3v) is 7.52. The molecule has 5 nitrogen and oxygen atoms in total. The van der Waals surface area contributed by atoms with Crippen LogP contribution < -0.4 is 5.01 Å². The maximum Gasteiger partial charge on any atom is 0.431 e. The Bertz CT molecular complexity index is 1290. The topological polar surface area (TPSA) is 56.1 Å². The molecule has 2 aliphatic rings. The van der Waals surface area contributed by atoms with Crippen molar-refractivity contribution in [3.8, 4) is 0 Å². The van der Waals surface area contributed by atoms with Crippen LogP contribution in [0.25, 0.3) is 5.57 Å². The second-order valence-electron chi connectivity index (χ2n) is 9.82. The van der Waals surface area contributed by atoms with E-state index in [0.29, 0.717) is 31.5 Å². The van der Waals surface area contributed by atoms with Crippen LogP contribution in [-0.4, -0.2) is 52.7 Å². The molecule has 0 saturated heterocycles. The van der Waals surface area contributed by atoms with Gasteiger partial charge in [-0.25, -0.2) is 0 Å². The number of hydrogen-bond donors (Lipinski definition) is 1. The quantitative estimate of drug-likeness (QED) is 0.346. The van der Waals surface area contributed by atoms with Crippen molar-refractivity contribution >= 4 is 34.5 Å². The summed E-state index contributed by atoms with van der Waals surface area (Å²) in [7, 11) is 0. The van der Waals surface area contributed by atoms with Gasteiger partial charge in [0.25, 0.3) is 5.60 Å². The van der Waals surface area contributed by atoms with Gasteiger partial charge in [0, 0.05) is 25.9 Å².